The van der Waals surface area contributed by atoms with E-state index < -0.39 is 11.9 Å². The molecule has 0 saturated carbocycles. The number of hydrogen-bond donors (Lipinski definition) is 1. The van der Waals surface area contributed by atoms with Crippen molar-refractivity contribution in [2.45, 2.75) is 26.4 Å². The number of benzene rings is 4. The van der Waals surface area contributed by atoms with Gasteiger partial charge in [-0.05, 0) is 66.9 Å². The second kappa shape index (κ2) is 13.2. The summed E-state index contributed by atoms with van der Waals surface area (Å²) in [5.74, 6) is 0.927. The summed E-state index contributed by atoms with van der Waals surface area (Å²) in [5.41, 5.74) is 10.6. The molecule has 5 rings (SSSR count). The molecule has 0 aliphatic carbocycles. The number of nitrogens with zero attached hydrogens (tertiary/aromatic N) is 1. The monoisotopic (exact) mass is 630 g/mol. The van der Waals surface area contributed by atoms with Crippen LogP contribution < -0.4 is 29.4 Å². The van der Waals surface area contributed by atoms with Gasteiger partial charge in [-0.25, -0.2) is 4.79 Å². The van der Waals surface area contributed by atoms with Crippen LogP contribution in [0.4, 0.5) is 0 Å². The van der Waals surface area contributed by atoms with Crippen LogP contribution in [0.5, 0.6) is 28.7 Å². The molecular formula is C34H28Cl2N2O6. The number of nitrogens with two attached hydrogens (primary N) is 1. The molecule has 4 aromatic rings. The van der Waals surface area contributed by atoms with Crippen molar-refractivity contribution >= 4 is 29.2 Å². The highest BCUT2D eigenvalue weighted by molar-refractivity contribution is 6.35. The van der Waals surface area contributed by atoms with Crippen molar-refractivity contribution in [3.63, 3.8) is 0 Å². The Morgan fingerprint density at radius 1 is 0.977 bits per heavy atom. The van der Waals surface area contributed by atoms with Gasteiger partial charge in [0.05, 0.1) is 13.0 Å². The Bertz CT molecular complexity index is 1810. The van der Waals surface area contributed by atoms with E-state index in [-0.39, 0.29) is 30.4 Å². The predicted molar refractivity (Wildman–Crippen MR) is 167 cm³/mol. The third-order valence-electron chi connectivity index (χ3n) is 7.24. The summed E-state index contributed by atoms with van der Waals surface area (Å²) in [6.45, 7) is 3.81. The number of aryl methyl sites for hydroxylation is 1. The topological polar surface area (TPSA) is 113 Å². The molecule has 224 valence electrons. The number of rotatable bonds is 9. The molecule has 0 amide bonds. The Labute approximate surface area is 265 Å². The van der Waals surface area contributed by atoms with Gasteiger partial charge in [-0.15, -0.1) is 0 Å². The van der Waals surface area contributed by atoms with Gasteiger partial charge in [0, 0.05) is 27.2 Å². The number of hydrogen-bond acceptors (Lipinski definition) is 8. The lowest BCUT2D eigenvalue weighted by atomic mass is 9.83. The molecule has 0 radical (unpaired) electrons. The first-order valence-corrected chi connectivity index (χ1v) is 14.3. The third-order valence-corrected chi connectivity index (χ3v) is 7.83. The number of carbonyl (C=O) groups excluding carboxylic acids is 1. The van der Waals surface area contributed by atoms with Crippen LogP contribution in [0.25, 0.3) is 0 Å². The van der Waals surface area contributed by atoms with Gasteiger partial charge < -0.3 is 29.4 Å². The molecule has 4 aromatic carbocycles. The van der Waals surface area contributed by atoms with E-state index in [0.29, 0.717) is 38.6 Å². The molecule has 2 N–H and O–H groups in total. The summed E-state index contributed by atoms with van der Waals surface area (Å²) in [7, 11) is 1.53. The molecule has 0 bridgehead atoms. The fraction of sp³-hybridized carbons (Fsp3) is 0.176. The Balaban J connectivity index is 1.36. The number of allylic oxidation sites excluding steroid dienone is 1. The zero-order valence-electron chi connectivity index (χ0n) is 24.1. The largest absolute Gasteiger partial charge is 0.493 e. The summed E-state index contributed by atoms with van der Waals surface area (Å²) in [4.78, 5) is 12.6. The van der Waals surface area contributed by atoms with Crippen molar-refractivity contribution in [3.05, 3.63) is 122 Å². The number of nitriles is 1. The molecule has 0 saturated heterocycles. The zero-order valence-corrected chi connectivity index (χ0v) is 25.7. The Hall–Kier alpha value is -4.84. The minimum Gasteiger partial charge on any atom is -0.493 e. The van der Waals surface area contributed by atoms with E-state index in [0.717, 1.165) is 22.3 Å². The maximum absolute atomic E-state index is 12.6. The quantitative estimate of drug-likeness (QED) is 0.150. The van der Waals surface area contributed by atoms with Crippen LogP contribution in [-0.4, -0.2) is 19.7 Å². The summed E-state index contributed by atoms with van der Waals surface area (Å²) in [6, 6.07) is 23.3. The first kappa shape index (κ1) is 30.6. The lowest BCUT2D eigenvalue weighted by Crippen LogP contribution is -2.22. The smallest absolute Gasteiger partial charge is 0.349 e. The van der Waals surface area contributed by atoms with Crippen molar-refractivity contribution in [1.29, 1.82) is 5.26 Å². The van der Waals surface area contributed by atoms with Crippen LogP contribution in [0.15, 0.2) is 84.3 Å². The Morgan fingerprint density at radius 3 is 2.55 bits per heavy atom. The number of halogens is 2. The highest BCUT2D eigenvalue weighted by Gasteiger charge is 2.32. The molecule has 0 fully saturated rings. The molecule has 1 aliphatic rings. The van der Waals surface area contributed by atoms with Gasteiger partial charge in [0.25, 0.3) is 0 Å². The lowest BCUT2D eigenvalue weighted by Gasteiger charge is -2.27. The van der Waals surface area contributed by atoms with Crippen molar-refractivity contribution < 1.29 is 28.5 Å². The SMILES string of the molecule is COc1cc(C2C(C#N)=C(N)Oc3cc(OC(=O)COc4cccc(C)c4C)ccc32)ccc1OCc1ccc(Cl)cc1Cl. The first-order chi connectivity index (χ1) is 21.2. The van der Waals surface area contributed by atoms with Crippen LogP contribution >= 0.6 is 23.2 Å². The van der Waals surface area contributed by atoms with Crippen LogP contribution in [0.3, 0.4) is 0 Å². The first-order valence-electron chi connectivity index (χ1n) is 13.5. The molecular weight excluding hydrogens is 603 g/mol. The summed E-state index contributed by atoms with van der Waals surface area (Å²) in [5, 5.41) is 11.0. The average molecular weight is 632 g/mol. The predicted octanol–water partition coefficient (Wildman–Crippen LogP) is 7.40. The van der Waals surface area contributed by atoms with E-state index in [9.17, 15) is 10.1 Å². The van der Waals surface area contributed by atoms with Gasteiger partial charge in [-0.1, -0.05) is 53.5 Å². The molecule has 0 spiro atoms. The molecule has 1 heterocycles. The number of ether oxygens (including phenoxy) is 5. The Kier molecular flexibility index (Phi) is 9.19. The fourth-order valence-electron chi connectivity index (χ4n) is 4.80. The molecule has 8 nitrogen and oxygen atoms in total. The van der Waals surface area contributed by atoms with E-state index in [2.05, 4.69) is 6.07 Å². The van der Waals surface area contributed by atoms with Gasteiger partial charge in [0.15, 0.2) is 18.1 Å². The van der Waals surface area contributed by atoms with Crippen LogP contribution in [0.2, 0.25) is 10.0 Å². The van der Waals surface area contributed by atoms with Gasteiger partial charge in [0.1, 0.15) is 35.5 Å². The van der Waals surface area contributed by atoms with E-state index in [1.165, 1.54) is 7.11 Å². The lowest BCUT2D eigenvalue weighted by molar-refractivity contribution is -0.136. The minimum absolute atomic E-state index is 0.0524. The average Bonchev–Trinajstić information content (AvgIpc) is 3.00. The second-order valence-electron chi connectivity index (χ2n) is 10.0. The normalized spacial score (nSPS) is 13.8. The van der Waals surface area contributed by atoms with Crippen molar-refractivity contribution in [2.24, 2.45) is 5.73 Å². The maximum atomic E-state index is 12.6. The maximum Gasteiger partial charge on any atom is 0.349 e. The molecule has 1 atom stereocenters. The van der Waals surface area contributed by atoms with Crippen molar-refractivity contribution in [3.8, 4) is 34.8 Å². The minimum atomic E-state index is -0.584. The van der Waals surface area contributed by atoms with Crippen molar-refractivity contribution in [2.75, 3.05) is 13.7 Å². The zero-order chi connectivity index (χ0) is 31.4. The van der Waals surface area contributed by atoms with E-state index in [4.69, 9.17) is 52.6 Å². The second-order valence-corrected chi connectivity index (χ2v) is 10.9. The summed E-state index contributed by atoms with van der Waals surface area (Å²) in [6.07, 6.45) is 0. The Morgan fingerprint density at radius 2 is 1.80 bits per heavy atom. The summed E-state index contributed by atoms with van der Waals surface area (Å²) >= 11 is 12.3. The highest BCUT2D eigenvalue weighted by Crippen LogP contribution is 2.45. The highest BCUT2D eigenvalue weighted by atomic mass is 35.5. The molecule has 10 heteroatoms. The van der Waals surface area contributed by atoms with Crippen LogP contribution in [0.1, 0.15) is 33.7 Å². The van der Waals surface area contributed by atoms with Gasteiger partial charge in [-0.3, -0.25) is 0 Å². The molecule has 1 unspecified atom stereocenters. The number of fused-ring (bicyclic) bond motifs is 1. The molecule has 1 aliphatic heterocycles. The van der Waals surface area contributed by atoms with E-state index in [1.807, 2.05) is 32.0 Å². The van der Waals surface area contributed by atoms with E-state index >= 15 is 0 Å². The number of methoxy groups -OCH3 is 1. The van der Waals surface area contributed by atoms with Crippen molar-refractivity contribution in [1.82, 2.24) is 0 Å². The van der Waals surface area contributed by atoms with Gasteiger partial charge >= 0.3 is 5.97 Å². The van der Waals surface area contributed by atoms with Gasteiger partial charge in [0.2, 0.25) is 5.88 Å². The third kappa shape index (κ3) is 6.55. The van der Waals surface area contributed by atoms with E-state index in [1.54, 1.807) is 54.6 Å². The molecule has 44 heavy (non-hydrogen) atoms. The summed E-state index contributed by atoms with van der Waals surface area (Å²) < 4.78 is 28.6. The molecule has 0 aromatic heterocycles. The standard InChI is InChI=1S/C34H28Cl2N2O6/c1-19-5-4-6-28(20(19)2)42-18-32(39)43-24-10-11-25-30(15-24)44-34(38)26(16-37)33(25)21-8-12-29(31(13-21)40-3)41-17-22-7-9-23(35)14-27(22)36/h4-15,33H,17-18,38H2,1-3H3. The number of esters is 1. The van der Waals surface area contributed by atoms with Crippen LogP contribution in [-0.2, 0) is 11.4 Å². The number of carbonyl (C=O) groups is 1. The van der Waals surface area contributed by atoms with Gasteiger partial charge in [-0.2, -0.15) is 5.26 Å². The van der Waals surface area contributed by atoms with Crippen LogP contribution in [0, 0.1) is 25.2 Å². The fourth-order valence-corrected chi connectivity index (χ4v) is 5.26.